The van der Waals surface area contributed by atoms with Crippen molar-refractivity contribution < 1.29 is 4.79 Å². The molecular weight excluding hydrogens is 224 g/mol. The molecule has 0 unspecified atom stereocenters. The molecule has 2 rings (SSSR count). The molecule has 0 saturated carbocycles. The van der Waals surface area contributed by atoms with Gasteiger partial charge in [0.2, 0.25) is 5.91 Å². The Bertz CT molecular complexity index is 443. The number of amides is 1. The van der Waals surface area contributed by atoms with Crippen LogP contribution in [-0.4, -0.2) is 19.0 Å². The Labute approximate surface area is 100 Å². The molecule has 0 fully saturated rings. The number of fused-ring (bicyclic) bond motifs is 1. The van der Waals surface area contributed by atoms with Crippen molar-refractivity contribution in [3.8, 4) is 0 Å². The lowest BCUT2D eigenvalue weighted by Crippen LogP contribution is -2.37. The van der Waals surface area contributed by atoms with E-state index in [1.54, 1.807) is 4.90 Å². The molecule has 0 bridgehead atoms. The van der Waals surface area contributed by atoms with E-state index in [9.17, 15) is 4.79 Å². The van der Waals surface area contributed by atoms with E-state index >= 15 is 0 Å². The lowest BCUT2D eigenvalue weighted by Gasteiger charge is -2.20. The van der Waals surface area contributed by atoms with Gasteiger partial charge >= 0.3 is 0 Å². The van der Waals surface area contributed by atoms with Crippen LogP contribution in [0.1, 0.15) is 19.4 Å². The predicted molar refractivity (Wildman–Crippen MR) is 65.9 cm³/mol. The molecule has 1 aliphatic rings. The van der Waals surface area contributed by atoms with Crippen molar-refractivity contribution in [1.82, 2.24) is 0 Å². The summed E-state index contributed by atoms with van der Waals surface area (Å²) in [5.74, 6) is -0.0610. The van der Waals surface area contributed by atoms with Gasteiger partial charge in [0.25, 0.3) is 0 Å². The van der Waals surface area contributed by atoms with Crippen molar-refractivity contribution in [2.45, 2.75) is 19.3 Å². The second-order valence-corrected chi connectivity index (χ2v) is 5.11. The maximum absolute atomic E-state index is 11.7. The Morgan fingerprint density at radius 1 is 1.56 bits per heavy atom. The van der Waals surface area contributed by atoms with Gasteiger partial charge in [0.15, 0.2) is 0 Å². The largest absolute Gasteiger partial charge is 0.322 e. The minimum absolute atomic E-state index is 0.0298. The molecule has 0 radical (unpaired) electrons. The quantitative estimate of drug-likeness (QED) is 0.813. The fourth-order valence-electron chi connectivity index (χ4n) is 2.30. The molecule has 3 nitrogen and oxygen atoms in total. The van der Waals surface area contributed by atoms with Crippen molar-refractivity contribution in [1.29, 1.82) is 0 Å². The van der Waals surface area contributed by atoms with E-state index in [-0.39, 0.29) is 17.9 Å². The Morgan fingerprint density at radius 3 is 2.88 bits per heavy atom. The molecule has 0 aliphatic carbocycles. The number of hydrogen-bond acceptors (Lipinski definition) is 2. The molecule has 1 aliphatic heterocycles. The van der Waals surface area contributed by atoms with Crippen LogP contribution in [-0.2, 0) is 10.2 Å². The van der Waals surface area contributed by atoms with Gasteiger partial charge in [-0.3, -0.25) is 4.79 Å². The van der Waals surface area contributed by atoms with Crippen LogP contribution in [0.4, 0.5) is 5.69 Å². The van der Waals surface area contributed by atoms with E-state index in [1.807, 2.05) is 18.2 Å². The third kappa shape index (κ3) is 1.60. The first-order chi connectivity index (χ1) is 7.47. The molecule has 0 saturated heterocycles. The highest BCUT2D eigenvalue weighted by atomic mass is 35.5. The first kappa shape index (κ1) is 11.4. The molecule has 0 aromatic heterocycles. The fourth-order valence-corrected chi connectivity index (χ4v) is 2.73. The Hall–Kier alpha value is -1.06. The summed E-state index contributed by atoms with van der Waals surface area (Å²) in [4.78, 5) is 13.5. The van der Waals surface area contributed by atoms with Gasteiger partial charge in [-0.05, 0) is 12.1 Å². The second-order valence-electron chi connectivity index (χ2n) is 4.70. The lowest BCUT2D eigenvalue weighted by atomic mass is 9.87. The van der Waals surface area contributed by atoms with Gasteiger partial charge in [-0.2, -0.15) is 0 Å². The first-order valence-corrected chi connectivity index (χ1v) is 5.64. The van der Waals surface area contributed by atoms with Gasteiger partial charge in [-0.25, -0.2) is 0 Å². The van der Waals surface area contributed by atoms with Crippen molar-refractivity contribution >= 4 is 23.2 Å². The zero-order valence-corrected chi connectivity index (χ0v) is 10.2. The summed E-state index contributed by atoms with van der Waals surface area (Å²) < 4.78 is 0. The summed E-state index contributed by atoms with van der Waals surface area (Å²) in [5.41, 5.74) is 7.24. The molecule has 16 heavy (non-hydrogen) atoms. The number of anilines is 1. The van der Waals surface area contributed by atoms with E-state index in [0.717, 1.165) is 16.3 Å². The van der Waals surface area contributed by atoms with Crippen LogP contribution in [0.5, 0.6) is 0 Å². The van der Waals surface area contributed by atoms with Gasteiger partial charge in [-0.1, -0.05) is 31.5 Å². The highest BCUT2D eigenvalue weighted by Gasteiger charge is 2.38. The minimum Gasteiger partial charge on any atom is -0.322 e. The third-order valence-corrected chi connectivity index (χ3v) is 3.30. The summed E-state index contributed by atoms with van der Waals surface area (Å²) in [6.07, 6.45) is 0. The Balaban J connectivity index is 2.55. The van der Waals surface area contributed by atoms with Gasteiger partial charge in [0.05, 0.1) is 6.54 Å². The SMILES string of the molecule is CC1(C)CN(C(=O)CN)c2cccc(Cl)c21. The second kappa shape index (κ2) is 3.75. The standard InChI is InChI=1S/C12H15ClN2O/c1-12(2)7-15(10(16)6-14)9-5-3-4-8(13)11(9)12/h3-5H,6-7,14H2,1-2H3. The van der Waals surface area contributed by atoms with Crippen molar-refractivity contribution in [3.63, 3.8) is 0 Å². The molecular formula is C12H15ClN2O. The predicted octanol–water partition coefficient (Wildman–Crippen LogP) is 1.92. The van der Waals surface area contributed by atoms with Gasteiger partial charge in [-0.15, -0.1) is 0 Å². The number of nitrogens with two attached hydrogens (primary N) is 1. The van der Waals surface area contributed by atoms with Gasteiger partial charge in [0, 0.05) is 28.2 Å². The Kier molecular flexibility index (Phi) is 2.68. The van der Waals surface area contributed by atoms with E-state index in [2.05, 4.69) is 13.8 Å². The summed E-state index contributed by atoms with van der Waals surface area (Å²) >= 11 is 6.20. The molecule has 0 spiro atoms. The monoisotopic (exact) mass is 238 g/mol. The zero-order chi connectivity index (χ0) is 11.9. The zero-order valence-electron chi connectivity index (χ0n) is 9.46. The topological polar surface area (TPSA) is 46.3 Å². The van der Waals surface area contributed by atoms with Crippen LogP contribution in [0.25, 0.3) is 0 Å². The first-order valence-electron chi connectivity index (χ1n) is 5.27. The lowest BCUT2D eigenvalue weighted by molar-refractivity contribution is -0.117. The average molecular weight is 239 g/mol. The summed E-state index contributed by atoms with van der Waals surface area (Å²) in [5, 5.41) is 0.717. The summed E-state index contributed by atoms with van der Waals surface area (Å²) in [6.45, 7) is 4.84. The number of benzene rings is 1. The Morgan fingerprint density at radius 2 is 2.25 bits per heavy atom. The normalized spacial score (nSPS) is 17.4. The number of carbonyl (C=O) groups excluding carboxylic acids is 1. The van der Waals surface area contributed by atoms with Crippen molar-refractivity contribution in [2.24, 2.45) is 5.73 Å². The summed E-state index contributed by atoms with van der Waals surface area (Å²) in [7, 11) is 0. The maximum atomic E-state index is 11.7. The highest BCUT2D eigenvalue weighted by molar-refractivity contribution is 6.32. The molecule has 1 aromatic rings. The average Bonchev–Trinajstić information content (AvgIpc) is 2.51. The van der Waals surface area contributed by atoms with Gasteiger partial charge in [0.1, 0.15) is 0 Å². The minimum atomic E-state index is -0.113. The van der Waals surface area contributed by atoms with E-state index in [0.29, 0.717) is 6.54 Å². The van der Waals surface area contributed by atoms with Crippen LogP contribution in [0.3, 0.4) is 0 Å². The van der Waals surface area contributed by atoms with Crippen molar-refractivity contribution in [2.75, 3.05) is 18.0 Å². The number of halogens is 1. The number of carbonyl (C=O) groups is 1. The van der Waals surface area contributed by atoms with Crippen LogP contribution < -0.4 is 10.6 Å². The molecule has 1 aromatic carbocycles. The smallest absolute Gasteiger partial charge is 0.240 e. The van der Waals surface area contributed by atoms with Crippen LogP contribution >= 0.6 is 11.6 Å². The van der Waals surface area contributed by atoms with Crippen molar-refractivity contribution in [3.05, 3.63) is 28.8 Å². The van der Waals surface area contributed by atoms with Crippen LogP contribution in [0, 0.1) is 0 Å². The molecule has 86 valence electrons. The van der Waals surface area contributed by atoms with Crippen LogP contribution in [0.15, 0.2) is 18.2 Å². The molecule has 1 amide bonds. The summed E-state index contributed by atoms with van der Waals surface area (Å²) in [6, 6.07) is 5.64. The van der Waals surface area contributed by atoms with Gasteiger partial charge < -0.3 is 10.6 Å². The third-order valence-electron chi connectivity index (χ3n) is 2.99. The molecule has 2 N–H and O–H groups in total. The van der Waals surface area contributed by atoms with E-state index in [4.69, 9.17) is 17.3 Å². The van der Waals surface area contributed by atoms with Crippen LogP contribution in [0.2, 0.25) is 5.02 Å². The highest BCUT2D eigenvalue weighted by Crippen LogP contribution is 2.44. The molecule has 4 heteroatoms. The van der Waals surface area contributed by atoms with E-state index in [1.165, 1.54) is 0 Å². The number of hydrogen-bond donors (Lipinski definition) is 1. The molecule has 1 heterocycles. The molecule has 0 atom stereocenters. The number of nitrogens with zero attached hydrogens (tertiary/aromatic N) is 1. The fraction of sp³-hybridized carbons (Fsp3) is 0.417. The van der Waals surface area contributed by atoms with E-state index < -0.39 is 0 Å². The maximum Gasteiger partial charge on any atom is 0.240 e. The number of rotatable bonds is 1.